The van der Waals surface area contributed by atoms with Gasteiger partial charge >= 0.3 is 0 Å². The van der Waals surface area contributed by atoms with Gasteiger partial charge in [0.1, 0.15) is 17.1 Å². The molecule has 2 N–H and O–H groups in total. The third-order valence-corrected chi connectivity index (χ3v) is 2.17. The Morgan fingerprint density at radius 2 is 1.71 bits per heavy atom. The van der Waals surface area contributed by atoms with Crippen LogP contribution in [-0.2, 0) is 0 Å². The number of primary amides is 1. The molecule has 1 rings (SSSR count). The fourth-order valence-electron chi connectivity index (χ4n) is 1.12. The largest absolute Gasteiger partial charge is 0.496 e. The van der Waals surface area contributed by atoms with Crippen LogP contribution in [-0.4, -0.2) is 20.1 Å². The molecule has 1 amide bonds. The highest BCUT2D eigenvalue weighted by Crippen LogP contribution is 2.32. The molecular weight excluding hydrogens is 250 g/mol. The predicted molar refractivity (Wildman–Crippen MR) is 55.8 cm³/mol. The summed E-state index contributed by atoms with van der Waals surface area (Å²) in [5.41, 5.74) is 5.45. The third-order valence-electron chi connectivity index (χ3n) is 1.72. The Kier molecular flexibility index (Phi) is 3.35. The van der Waals surface area contributed by atoms with Gasteiger partial charge in [-0.3, -0.25) is 4.79 Å². The Hall–Kier alpha value is -1.23. The van der Waals surface area contributed by atoms with E-state index in [4.69, 9.17) is 15.2 Å². The summed E-state index contributed by atoms with van der Waals surface area (Å²) in [6.45, 7) is 0. The number of nitrogens with two attached hydrogens (primary N) is 1. The maximum Gasteiger partial charge on any atom is 0.256 e. The smallest absolute Gasteiger partial charge is 0.256 e. The maximum absolute atomic E-state index is 11.1. The molecule has 76 valence electrons. The number of halogens is 1. The van der Waals surface area contributed by atoms with Crippen LogP contribution in [0.25, 0.3) is 0 Å². The highest BCUT2D eigenvalue weighted by atomic mass is 79.9. The van der Waals surface area contributed by atoms with Crippen LogP contribution in [0, 0.1) is 0 Å². The van der Waals surface area contributed by atoms with Gasteiger partial charge in [0.25, 0.3) is 5.91 Å². The van der Waals surface area contributed by atoms with Gasteiger partial charge in [-0.25, -0.2) is 0 Å². The molecule has 1 aromatic rings. The summed E-state index contributed by atoms with van der Waals surface area (Å²) in [5, 5.41) is 0. The van der Waals surface area contributed by atoms with E-state index in [1.807, 2.05) is 0 Å². The number of carbonyl (C=O) groups is 1. The Morgan fingerprint density at radius 1 is 1.29 bits per heavy atom. The fourth-order valence-corrected chi connectivity index (χ4v) is 1.54. The van der Waals surface area contributed by atoms with Crippen molar-refractivity contribution in [1.29, 1.82) is 0 Å². The summed E-state index contributed by atoms with van der Waals surface area (Å²) in [6, 6.07) is 3.31. The first kappa shape index (κ1) is 10.8. The van der Waals surface area contributed by atoms with Crippen LogP contribution < -0.4 is 15.2 Å². The minimum atomic E-state index is -0.578. The van der Waals surface area contributed by atoms with Crippen molar-refractivity contribution in [2.45, 2.75) is 0 Å². The highest BCUT2D eigenvalue weighted by Gasteiger charge is 2.16. The normalized spacial score (nSPS) is 9.64. The van der Waals surface area contributed by atoms with Gasteiger partial charge in [0, 0.05) is 4.47 Å². The number of carbonyl (C=O) groups excluding carboxylic acids is 1. The van der Waals surface area contributed by atoms with E-state index in [2.05, 4.69) is 15.9 Å². The van der Waals surface area contributed by atoms with Crippen molar-refractivity contribution in [2.24, 2.45) is 5.73 Å². The molecule has 0 spiro atoms. The minimum Gasteiger partial charge on any atom is -0.496 e. The number of ether oxygens (including phenoxy) is 2. The number of hydrogen-bond acceptors (Lipinski definition) is 3. The predicted octanol–water partition coefficient (Wildman–Crippen LogP) is 1.57. The molecule has 0 aliphatic heterocycles. The van der Waals surface area contributed by atoms with Crippen molar-refractivity contribution in [3.8, 4) is 11.5 Å². The van der Waals surface area contributed by atoms with Gasteiger partial charge in [-0.1, -0.05) is 15.9 Å². The van der Waals surface area contributed by atoms with Crippen LogP contribution in [0.5, 0.6) is 11.5 Å². The van der Waals surface area contributed by atoms with Crippen molar-refractivity contribution >= 4 is 21.8 Å². The molecule has 4 nitrogen and oxygen atoms in total. The Balaban J connectivity index is 3.40. The third kappa shape index (κ3) is 1.98. The van der Waals surface area contributed by atoms with Crippen molar-refractivity contribution in [1.82, 2.24) is 0 Å². The molecule has 5 heteroatoms. The van der Waals surface area contributed by atoms with Gasteiger partial charge < -0.3 is 15.2 Å². The van der Waals surface area contributed by atoms with Crippen LogP contribution in [0.2, 0.25) is 0 Å². The Morgan fingerprint density at radius 3 is 2.00 bits per heavy atom. The summed E-state index contributed by atoms with van der Waals surface area (Å²) >= 11 is 3.27. The second kappa shape index (κ2) is 4.32. The number of hydrogen-bond donors (Lipinski definition) is 1. The molecule has 0 fully saturated rings. The zero-order valence-corrected chi connectivity index (χ0v) is 9.42. The SMILES string of the molecule is COc1cc(Br)cc(OC)c1C(N)=O. The fraction of sp³-hybridized carbons (Fsp3) is 0.222. The monoisotopic (exact) mass is 259 g/mol. The standard InChI is InChI=1S/C9H10BrNO3/c1-13-6-3-5(10)4-7(14-2)8(6)9(11)12/h3-4H,1-2H3,(H2,11,12). The topological polar surface area (TPSA) is 61.6 Å². The summed E-state index contributed by atoms with van der Waals surface area (Å²) in [7, 11) is 2.93. The molecule has 0 aliphatic carbocycles. The highest BCUT2D eigenvalue weighted by molar-refractivity contribution is 9.10. The molecule has 0 aliphatic rings. The van der Waals surface area contributed by atoms with Gasteiger partial charge in [-0.05, 0) is 12.1 Å². The first-order chi connectivity index (χ1) is 6.60. The molecule has 1 aromatic carbocycles. The summed E-state index contributed by atoms with van der Waals surface area (Å²) < 4.78 is 10.8. The summed E-state index contributed by atoms with van der Waals surface area (Å²) in [6.07, 6.45) is 0. The maximum atomic E-state index is 11.1. The van der Waals surface area contributed by atoms with Crippen molar-refractivity contribution in [3.05, 3.63) is 22.2 Å². The van der Waals surface area contributed by atoms with E-state index in [0.717, 1.165) is 4.47 Å². The lowest BCUT2D eigenvalue weighted by Crippen LogP contribution is -2.14. The molecule has 0 bridgehead atoms. The average Bonchev–Trinajstić information content (AvgIpc) is 2.15. The van der Waals surface area contributed by atoms with E-state index >= 15 is 0 Å². The molecule has 14 heavy (non-hydrogen) atoms. The van der Waals surface area contributed by atoms with Crippen LogP contribution in [0.15, 0.2) is 16.6 Å². The van der Waals surface area contributed by atoms with Crippen LogP contribution in [0.1, 0.15) is 10.4 Å². The first-order valence-electron chi connectivity index (χ1n) is 3.81. The lowest BCUT2D eigenvalue weighted by molar-refractivity contribution is 0.0994. The number of rotatable bonds is 3. The van der Waals surface area contributed by atoms with E-state index in [-0.39, 0.29) is 5.56 Å². The first-order valence-corrected chi connectivity index (χ1v) is 4.60. The summed E-state index contributed by atoms with van der Waals surface area (Å²) in [5.74, 6) is 0.207. The van der Waals surface area contributed by atoms with E-state index < -0.39 is 5.91 Å². The van der Waals surface area contributed by atoms with Crippen LogP contribution in [0.3, 0.4) is 0 Å². The van der Waals surface area contributed by atoms with E-state index in [9.17, 15) is 4.79 Å². The van der Waals surface area contributed by atoms with Crippen LogP contribution in [0.4, 0.5) is 0 Å². The molecule has 0 atom stereocenters. The van der Waals surface area contributed by atoms with Crippen molar-refractivity contribution in [2.75, 3.05) is 14.2 Å². The molecule has 0 radical (unpaired) electrons. The second-order valence-corrected chi connectivity index (χ2v) is 3.47. The molecule has 0 saturated carbocycles. The molecule has 0 aromatic heterocycles. The zero-order valence-electron chi connectivity index (χ0n) is 7.83. The van der Waals surface area contributed by atoms with Gasteiger partial charge in [0.15, 0.2) is 0 Å². The number of benzene rings is 1. The lowest BCUT2D eigenvalue weighted by atomic mass is 10.1. The lowest BCUT2D eigenvalue weighted by Gasteiger charge is -2.10. The van der Waals surface area contributed by atoms with E-state index in [1.54, 1.807) is 12.1 Å². The molecule has 0 saturated heterocycles. The second-order valence-electron chi connectivity index (χ2n) is 2.55. The van der Waals surface area contributed by atoms with Gasteiger partial charge in [-0.2, -0.15) is 0 Å². The minimum absolute atomic E-state index is 0.248. The van der Waals surface area contributed by atoms with Gasteiger partial charge in [-0.15, -0.1) is 0 Å². The van der Waals surface area contributed by atoms with Crippen molar-refractivity contribution < 1.29 is 14.3 Å². The van der Waals surface area contributed by atoms with Crippen LogP contribution >= 0.6 is 15.9 Å². The summed E-state index contributed by atoms with van der Waals surface area (Å²) in [4.78, 5) is 11.1. The molecule has 0 unspecified atom stereocenters. The average molecular weight is 260 g/mol. The Labute approximate surface area is 90.1 Å². The van der Waals surface area contributed by atoms with E-state index in [1.165, 1.54) is 14.2 Å². The van der Waals surface area contributed by atoms with Crippen molar-refractivity contribution in [3.63, 3.8) is 0 Å². The number of amides is 1. The quantitative estimate of drug-likeness (QED) is 0.897. The van der Waals surface area contributed by atoms with Gasteiger partial charge in [0.2, 0.25) is 0 Å². The van der Waals surface area contributed by atoms with Gasteiger partial charge in [0.05, 0.1) is 14.2 Å². The molecular formula is C9H10BrNO3. The Bertz CT molecular complexity index is 340. The van der Waals surface area contributed by atoms with E-state index in [0.29, 0.717) is 11.5 Å². The zero-order chi connectivity index (χ0) is 10.7. The molecule has 0 heterocycles. The number of methoxy groups -OCH3 is 2.